The lowest BCUT2D eigenvalue weighted by Crippen LogP contribution is -2.13. The monoisotopic (exact) mass is 232 g/mol. The fourth-order valence-corrected chi connectivity index (χ4v) is 1.42. The van der Waals surface area contributed by atoms with Gasteiger partial charge in [0.1, 0.15) is 5.82 Å². The van der Waals surface area contributed by atoms with Crippen molar-refractivity contribution in [1.29, 1.82) is 0 Å². The minimum Gasteiger partial charge on any atom is -0.381 e. The van der Waals surface area contributed by atoms with Crippen molar-refractivity contribution < 1.29 is 4.39 Å². The standard InChI is InChI=1S/C12H13FN4/c13-11-4-2-1-3-10(11)12-16-7-9(8-17-12)15-6-5-14/h1-4,7-8,15H,5-6,14H2. The number of hydrogen-bond acceptors (Lipinski definition) is 4. The van der Waals surface area contributed by atoms with Gasteiger partial charge in [-0.3, -0.25) is 0 Å². The van der Waals surface area contributed by atoms with Gasteiger partial charge in [0.15, 0.2) is 5.82 Å². The average molecular weight is 232 g/mol. The largest absolute Gasteiger partial charge is 0.381 e. The number of anilines is 1. The first-order valence-corrected chi connectivity index (χ1v) is 5.32. The molecule has 0 bridgehead atoms. The van der Waals surface area contributed by atoms with Crippen molar-refractivity contribution in [1.82, 2.24) is 9.97 Å². The molecule has 3 N–H and O–H groups in total. The summed E-state index contributed by atoms with van der Waals surface area (Å²) >= 11 is 0. The van der Waals surface area contributed by atoms with Crippen molar-refractivity contribution in [2.45, 2.75) is 0 Å². The minimum absolute atomic E-state index is 0.324. The molecule has 0 saturated carbocycles. The van der Waals surface area contributed by atoms with Gasteiger partial charge >= 0.3 is 0 Å². The summed E-state index contributed by atoms with van der Waals surface area (Å²) in [5, 5.41) is 3.04. The fourth-order valence-electron chi connectivity index (χ4n) is 1.42. The van der Waals surface area contributed by atoms with Crippen molar-refractivity contribution >= 4 is 5.69 Å². The molecule has 0 saturated heterocycles. The molecule has 1 heterocycles. The van der Waals surface area contributed by atoms with Gasteiger partial charge in [0, 0.05) is 13.1 Å². The summed E-state index contributed by atoms with van der Waals surface area (Å²) < 4.78 is 13.5. The number of benzene rings is 1. The van der Waals surface area contributed by atoms with Crippen molar-refractivity contribution in [2.24, 2.45) is 5.73 Å². The normalized spacial score (nSPS) is 10.2. The number of nitrogens with zero attached hydrogens (tertiary/aromatic N) is 2. The summed E-state index contributed by atoms with van der Waals surface area (Å²) in [6.07, 6.45) is 3.23. The van der Waals surface area contributed by atoms with E-state index < -0.39 is 0 Å². The molecule has 0 unspecified atom stereocenters. The third-order valence-corrected chi connectivity index (χ3v) is 2.24. The van der Waals surface area contributed by atoms with Crippen LogP contribution in [0.25, 0.3) is 11.4 Å². The second-order valence-electron chi connectivity index (χ2n) is 3.49. The van der Waals surface area contributed by atoms with E-state index in [0.717, 1.165) is 5.69 Å². The molecule has 0 spiro atoms. The van der Waals surface area contributed by atoms with Crippen LogP contribution >= 0.6 is 0 Å². The van der Waals surface area contributed by atoms with Crippen molar-refractivity contribution in [2.75, 3.05) is 18.4 Å². The van der Waals surface area contributed by atoms with Crippen LogP contribution < -0.4 is 11.1 Å². The maximum Gasteiger partial charge on any atom is 0.162 e. The molecule has 88 valence electrons. The molecule has 1 aromatic heterocycles. The van der Waals surface area contributed by atoms with Gasteiger partial charge < -0.3 is 11.1 Å². The van der Waals surface area contributed by atoms with E-state index in [1.54, 1.807) is 30.6 Å². The lowest BCUT2D eigenvalue weighted by Gasteiger charge is -2.05. The zero-order chi connectivity index (χ0) is 12.1. The third kappa shape index (κ3) is 2.76. The minimum atomic E-state index is -0.324. The molecule has 1 aromatic carbocycles. The van der Waals surface area contributed by atoms with Crippen LogP contribution in [0, 0.1) is 5.82 Å². The van der Waals surface area contributed by atoms with E-state index in [-0.39, 0.29) is 5.82 Å². The van der Waals surface area contributed by atoms with Crippen molar-refractivity contribution in [3.8, 4) is 11.4 Å². The number of rotatable bonds is 4. The topological polar surface area (TPSA) is 63.8 Å². The van der Waals surface area contributed by atoms with Gasteiger partial charge in [-0.2, -0.15) is 0 Å². The Kier molecular flexibility index (Phi) is 3.62. The van der Waals surface area contributed by atoms with E-state index in [9.17, 15) is 4.39 Å². The molecule has 0 fully saturated rings. The highest BCUT2D eigenvalue weighted by atomic mass is 19.1. The van der Waals surface area contributed by atoms with Crippen LogP contribution in [-0.4, -0.2) is 23.1 Å². The lowest BCUT2D eigenvalue weighted by molar-refractivity contribution is 0.630. The van der Waals surface area contributed by atoms with E-state index in [1.807, 2.05) is 0 Å². The summed E-state index contributed by atoms with van der Waals surface area (Å²) in [7, 11) is 0. The Balaban J connectivity index is 2.21. The average Bonchev–Trinajstić information content (AvgIpc) is 2.38. The molecule has 2 aromatic rings. The summed E-state index contributed by atoms with van der Waals surface area (Å²) in [6, 6.07) is 6.43. The summed E-state index contributed by atoms with van der Waals surface area (Å²) in [5.41, 5.74) is 6.54. The first-order chi connectivity index (χ1) is 8.31. The highest BCUT2D eigenvalue weighted by molar-refractivity contribution is 5.56. The maximum absolute atomic E-state index is 13.5. The van der Waals surface area contributed by atoms with E-state index in [1.165, 1.54) is 6.07 Å². The molecule has 0 aliphatic heterocycles. The van der Waals surface area contributed by atoms with Gasteiger partial charge in [0.05, 0.1) is 23.6 Å². The SMILES string of the molecule is NCCNc1cnc(-c2ccccc2F)nc1. The van der Waals surface area contributed by atoms with Crippen LogP contribution in [0.2, 0.25) is 0 Å². The first kappa shape index (κ1) is 11.5. The Morgan fingerprint density at radius 2 is 1.88 bits per heavy atom. The van der Waals surface area contributed by atoms with E-state index in [2.05, 4.69) is 15.3 Å². The zero-order valence-electron chi connectivity index (χ0n) is 9.23. The molecule has 0 aliphatic carbocycles. The zero-order valence-corrected chi connectivity index (χ0v) is 9.23. The second kappa shape index (κ2) is 5.36. The predicted octanol–water partition coefficient (Wildman–Crippen LogP) is 1.65. The molecule has 17 heavy (non-hydrogen) atoms. The second-order valence-corrected chi connectivity index (χ2v) is 3.49. The molecular weight excluding hydrogens is 219 g/mol. The van der Waals surface area contributed by atoms with Crippen LogP contribution in [0.3, 0.4) is 0 Å². The molecule has 2 rings (SSSR count). The Morgan fingerprint density at radius 3 is 2.53 bits per heavy atom. The van der Waals surface area contributed by atoms with E-state index in [4.69, 9.17) is 5.73 Å². The van der Waals surface area contributed by atoms with Crippen LogP contribution in [0.15, 0.2) is 36.7 Å². The number of hydrogen-bond donors (Lipinski definition) is 2. The van der Waals surface area contributed by atoms with Crippen LogP contribution in [-0.2, 0) is 0 Å². The van der Waals surface area contributed by atoms with Gasteiger partial charge in [-0.25, -0.2) is 14.4 Å². The van der Waals surface area contributed by atoms with E-state index >= 15 is 0 Å². The van der Waals surface area contributed by atoms with Crippen molar-refractivity contribution in [3.63, 3.8) is 0 Å². The van der Waals surface area contributed by atoms with Gasteiger partial charge in [0.25, 0.3) is 0 Å². The number of halogens is 1. The first-order valence-electron chi connectivity index (χ1n) is 5.32. The third-order valence-electron chi connectivity index (χ3n) is 2.24. The van der Waals surface area contributed by atoms with Crippen LogP contribution in [0.5, 0.6) is 0 Å². The van der Waals surface area contributed by atoms with Gasteiger partial charge in [0.2, 0.25) is 0 Å². The molecule has 4 nitrogen and oxygen atoms in total. The number of aromatic nitrogens is 2. The van der Waals surface area contributed by atoms with Gasteiger partial charge in [-0.1, -0.05) is 12.1 Å². The highest BCUT2D eigenvalue weighted by Gasteiger charge is 2.06. The lowest BCUT2D eigenvalue weighted by atomic mass is 10.2. The smallest absolute Gasteiger partial charge is 0.162 e. The maximum atomic E-state index is 13.5. The van der Waals surface area contributed by atoms with Crippen molar-refractivity contribution in [3.05, 3.63) is 42.5 Å². The molecular formula is C12H13FN4. The quantitative estimate of drug-likeness (QED) is 0.841. The fraction of sp³-hybridized carbons (Fsp3) is 0.167. The van der Waals surface area contributed by atoms with Gasteiger partial charge in [-0.05, 0) is 12.1 Å². The Bertz CT molecular complexity index is 484. The number of nitrogens with one attached hydrogen (secondary N) is 1. The molecule has 0 aliphatic rings. The molecule has 0 amide bonds. The van der Waals surface area contributed by atoms with E-state index in [0.29, 0.717) is 24.5 Å². The summed E-state index contributed by atoms with van der Waals surface area (Å²) in [4.78, 5) is 8.22. The number of nitrogens with two attached hydrogens (primary N) is 1. The molecule has 5 heteroatoms. The summed E-state index contributed by atoms with van der Waals surface area (Å²) in [5.74, 6) is 0.0524. The highest BCUT2D eigenvalue weighted by Crippen LogP contribution is 2.18. The Hall–Kier alpha value is -2.01. The van der Waals surface area contributed by atoms with Crippen LogP contribution in [0.1, 0.15) is 0 Å². The van der Waals surface area contributed by atoms with Gasteiger partial charge in [-0.15, -0.1) is 0 Å². The Morgan fingerprint density at radius 1 is 1.18 bits per heavy atom. The summed E-state index contributed by atoms with van der Waals surface area (Å²) in [6.45, 7) is 1.19. The van der Waals surface area contributed by atoms with Crippen LogP contribution in [0.4, 0.5) is 10.1 Å². The molecule has 0 radical (unpaired) electrons. The molecule has 0 atom stereocenters. The Labute approximate surface area is 98.7 Å². The predicted molar refractivity (Wildman–Crippen MR) is 65.0 cm³/mol.